The lowest BCUT2D eigenvalue weighted by Gasteiger charge is -2.32. The second-order valence-corrected chi connectivity index (χ2v) is 13.1. The Hall–Kier alpha value is -3.56. The minimum absolute atomic E-state index is 0.00398. The molecule has 4 rings (SSSR count). The van der Waals surface area contributed by atoms with E-state index in [1.807, 2.05) is 32.0 Å². The Morgan fingerprint density at radius 3 is 2.33 bits per heavy atom. The van der Waals surface area contributed by atoms with E-state index in [-0.39, 0.29) is 23.4 Å². The number of carbonyl (C=O) groups is 2. The highest BCUT2D eigenvalue weighted by Crippen LogP contribution is 2.28. The Kier molecular flexibility index (Phi) is 10.2. The van der Waals surface area contributed by atoms with E-state index in [1.54, 1.807) is 38.3 Å². The second kappa shape index (κ2) is 13.6. The van der Waals surface area contributed by atoms with E-state index >= 15 is 0 Å². The van der Waals surface area contributed by atoms with Crippen molar-refractivity contribution in [3.63, 3.8) is 0 Å². The quantitative estimate of drug-likeness (QED) is 0.303. The molecule has 0 aliphatic heterocycles. The molecule has 1 N–H and O–H groups in total. The molecule has 1 aliphatic carbocycles. The van der Waals surface area contributed by atoms with E-state index in [2.05, 4.69) is 5.32 Å². The van der Waals surface area contributed by atoms with Gasteiger partial charge in [0.1, 0.15) is 18.3 Å². The predicted octanol–water partition coefficient (Wildman–Crippen LogP) is 5.64. The van der Waals surface area contributed by atoms with Crippen molar-refractivity contribution in [3.8, 4) is 5.75 Å². The summed E-state index contributed by atoms with van der Waals surface area (Å²) in [5.74, 6) is -0.163. The Morgan fingerprint density at radius 1 is 1.00 bits per heavy atom. The number of nitrogens with zero attached hydrogens (tertiary/aromatic N) is 2. The van der Waals surface area contributed by atoms with Crippen molar-refractivity contribution in [2.24, 2.45) is 0 Å². The average molecular weight is 612 g/mol. The van der Waals surface area contributed by atoms with Crippen LogP contribution >= 0.6 is 11.6 Å². The lowest BCUT2D eigenvalue weighted by atomic mass is 10.1. The van der Waals surface area contributed by atoms with Crippen LogP contribution in [0.1, 0.15) is 49.3 Å². The molecule has 0 aromatic heterocycles. The zero-order valence-electron chi connectivity index (χ0n) is 24.5. The Labute approximate surface area is 253 Å². The largest absolute Gasteiger partial charge is 0.497 e. The van der Waals surface area contributed by atoms with Gasteiger partial charge in [-0.05, 0) is 98.8 Å². The molecule has 3 aromatic carbocycles. The zero-order valence-corrected chi connectivity index (χ0v) is 26.0. The van der Waals surface area contributed by atoms with Crippen LogP contribution in [0.15, 0.2) is 71.6 Å². The maximum Gasteiger partial charge on any atom is 0.264 e. The van der Waals surface area contributed by atoms with Crippen molar-refractivity contribution < 1.29 is 22.7 Å². The Bertz CT molecular complexity index is 1520. The molecule has 10 heteroatoms. The van der Waals surface area contributed by atoms with Crippen molar-refractivity contribution in [3.05, 3.63) is 88.4 Å². The number of rotatable bonds is 11. The number of hydrogen-bond acceptors (Lipinski definition) is 5. The molecular weight excluding hydrogens is 574 g/mol. The number of aryl methyl sites for hydroxylation is 2. The van der Waals surface area contributed by atoms with Gasteiger partial charge in [-0.15, -0.1) is 0 Å². The molecule has 1 fully saturated rings. The summed E-state index contributed by atoms with van der Waals surface area (Å²) in [5.41, 5.74) is 2.98. The number of hydrogen-bond donors (Lipinski definition) is 1. The number of carbonyl (C=O) groups excluding carboxylic acids is 2. The summed E-state index contributed by atoms with van der Waals surface area (Å²) in [5, 5.41) is 3.48. The van der Waals surface area contributed by atoms with E-state index < -0.39 is 28.5 Å². The minimum Gasteiger partial charge on any atom is -0.497 e. The number of ether oxygens (including phenoxy) is 1. The molecule has 2 amide bonds. The van der Waals surface area contributed by atoms with Crippen LogP contribution in [0.4, 0.5) is 5.69 Å². The molecular formula is C32H38ClN3O5S. The fourth-order valence-electron chi connectivity index (χ4n) is 5.09. The number of nitrogens with one attached hydrogen (secondary N) is 1. The fourth-order valence-corrected chi connectivity index (χ4v) is 6.62. The van der Waals surface area contributed by atoms with Gasteiger partial charge >= 0.3 is 0 Å². The molecule has 8 nitrogen and oxygen atoms in total. The Morgan fingerprint density at radius 2 is 1.69 bits per heavy atom. The van der Waals surface area contributed by atoms with E-state index in [0.717, 1.165) is 46.7 Å². The summed E-state index contributed by atoms with van der Waals surface area (Å²) in [4.78, 5) is 29.0. The molecule has 42 heavy (non-hydrogen) atoms. The maximum atomic E-state index is 14.1. The predicted molar refractivity (Wildman–Crippen MR) is 165 cm³/mol. The van der Waals surface area contributed by atoms with Crippen molar-refractivity contribution in [1.82, 2.24) is 10.2 Å². The molecule has 0 radical (unpaired) electrons. The SMILES string of the molecule is COc1cccc(CN(C(=O)CN(c2ccc(C)c(C)c2)S(=O)(=O)c2ccc(Cl)cc2)[C@@H](C)C(=O)NC2CCCC2)c1. The van der Waals surface area contributed by atoms with Gasteiger partial charge in [-0.2, -0.15) is 0 Å². The molecule has 224 valence electrons. The van der Waals surface area contributed by atoms with Gasteiger partial charge in [-0.1, -0.05) is 42.6 Å². The first-order chi connectivity index (χ1) is 20.0. The lowest BCUT2D eigenvalue weighted by molar-refractivity contribution is -0.139. The third-order valence-electron chi connectivity index (χ3n) is 7.81. The smallest absolute Gasteiger partial charge is 0.264 e. The normalized spacial score (nSPS) is 14.3. The molecule has 0 unspecified atom stereocenters. The Balaban J connectivity index is 1.71. The van der Waals surface area contributed by atoms with Gasteiger partial charge in [0.25, 0.3) is 10.0 Å². The van der Waals surface area contributed by atoms with E-state index in [0.29, 0.717) is 16.5 Å². The molecule has 3 aromatic rings. The van der Waals surface area contributed by atoms with Crippen LogP contribution in [0.3, 0.4) is 0 Å². The second-order valence-electron chi connectivity index (χ2n) is 10.8. The first-order valence-corrected chi connectivity index (χ1v) is 15.9. The van der Waals surface area contributed by atoms with Crippen molar-refractivity contribution in [2.45, 2.75) is 70.0 Å². The first-order valence-electron chi connectivity index (χ1n) is 14.1. The van der Waals surface area contributed by atoms with E-state index in [1.165, 1.54) is 29.2 Å². The summed E-state index contributed by atoms with van der Waals surface area (Å²) in [7, 11) is -2.61. The fraction of sp³-hybridized carbons (Fsp3) is 0.375. The number of amides is 2. The summed E-state index contributed by atoms with van der Waals surface area (Å²) >= 11 is 6.03. The van der Waals surface area contributed by atoms with Crippen molar-refractivity contribution in [1.29, 1.82) is 0 Å². The van der Waals surface area contributed by atoms with E-state index in [4.69, 9.17) is 16.3 Å². The molecule has 0 bridgehead atoms. The number of anilines is 1. The summed E-state index contributed by atoms with van der Waals surface area (Å²) in [6.07, 6.45) is 3.92. The van der Waals surface area contributed by atoms with Crippen LogP contribution in [0.2, 0.25) is 5.02 Å². The molecule has 1 atom stereocenters. The van der Waals surface area contributed by atoms with Gasteiger partial charge in [0, 0.05) is 17.6 Å². The van der Waals surface area contributed by atoms with E-state index in [9.17, 15) is 18.0 Å². The van der Waals surface area contributed by atoms with Crippen LogP contribution in [-0.2, 0) is 26.2 Å². The van der Waals surface area contributed by atoms with Crippen LogP contribution < -0.4 is 14.4 Å². The summed E-state index contributed by atoms with van der Waals surface area (Å²) in [6.45, 7) is 5.09. The van der Waals surface area contributed by atoms with Crippen LogP contribution in [0, 0.1) is 13.8 Å². The molecule has 0 heterocycles. The van der Waals surface area contributed by atoms with Gasteiger partial charge in [-0.25, -0.2) is 8.42 Å². The summed E-state index contributed by atoms with van der Waals surface area (Å²) in [6, 6.07) is 17.6. The molecule has 1 aliphatic rings. The number of sulfonamides is 1. The standard InChI is InChI=1S/C32H38ClN3O5S/c1-22-12-15-28(18-23(22)2)36(42(39,40)30-16-13-26(33)14-17-30)21-31(37)35(20-25-8-7-11-29(19-25)41-4)24(3)32(38)34-27-9-5-6-10-27/h7-8,11-19,24,27H,5-6,9-10,20-21H2,1-4H3,(H,34,38)/t24-/m0/s1. The van der Waals surface area contributed by atoms with Gasteiger partial charge in [0.2, 0.25) is 11.8 Å². The number of benzene rings is 3. The third kappa shape index (κ3) is 7.44. The highest BCUT2D eigenvalue weighted by Gasteiger charge is 2.33. The van der Waals surface area contributed by atoms with Crippen molar-refractivity contribution in [2.75, 3.05) is 18.0 Å². The van der Waals surface area contributed by atoms with Crippen LogP contribution in [0.5, 0.6) is 5.75 Å². The van der Waals surface area contributed by atoms with Crippen LogP contribution in [0.25, 0.3) is 0 Å². The number of methoxy groups -OCH3 is 1. The minimum atomic E-state index is -4.17. The van der Waals surface area contributed by atoms with Gasteiger partial charge in [-0.3, -0.25) is 13.9 Å². The topological polar surface area (TPSA) is 96.0 Å². The maximum absolute atomic E-state index is 14.1. The van der Waals surface area contributed by atoms with Gasteiger partial charge in [0.15, 0.2) is 0 Å². The van der Waals surface area contributed by atoms with Gasteiger partial charge < -0.3 is 15.0 Å². The summed E-state index contributed by atoms with van der Waals surface area (Å²) < 4.78 is 34.4. The third-order valence-corrected chi connectivity index (χ3v) is 9.85. The lowest BCUT2D eigenvalue weighted by Crippen LogP contribution is -2.52. The number of halogens is 1. The molecule has 0 spiro atoms. The highest BCUT2D eigenvalue weighted by atomic mass is 35.5. The zero-order chi connectivity index (χ0) is 30.4. The van der Waals surface area contributed by atoms with Crippen LogP contribution in [-0.4, -0.2) is 50.9 Å². The average Bonchev–Trinajstić information content (AvgIpc) is 3.49. The monoisotopic (exact) mass is 611 g/mol. The highest BCUT2D eigenvalue weighted by molar-refractivity contribution is 7.92. The molecule has 1 saturated carbocycles. The molecule has 0 saturated heterocycles. The first kappa shape index (κ1) is 31.4. The van der Waals surface area contributed by atoms with Gasteiger partial charge in [0.05, 0.1) is 17.7 Å². The van der Waals surface area contributed by atoms with Crippen molar-refractivity contribution >= 4 is 39.1 Å².